The van der Waals surface area contributed by atoms with Crippen molar-refractivity contribution in [2.24, 2.45) is 0 Å². The first-order valence-electron chi connectivity index (χ1n) is 6.58. The number of rotatable bonds is 5. The summed E-state index contributed by atoms with van der Waals surface area (Å²) in [6, 6.07) is 0. The van der Waals surface area contributed by atoms with Crippen LogP contribution in [0, 0.1) is 0 Å². The maximum atomic E-state index is 10.0. The van der Waals surface area contributed by atoms with Crippen molar-refractivity contribution in [1.82, 2.24) is 19.6 Å². The van der Waals surface area contributed by atoms with E-state index in [9.17, 15) is 5.11 Å². The van der Waals surface area contributed by atoms with Gasteiger partial charge in [-0.3, -0.25) is 9.58 Å². The summed E-state index contributed by atoms with van der Waals surface area (Å²) in [5, 5.41) is 14.1. The maximum Gasteiger partial charge on any atom is 0.0862 e. The zero-order chi connectivity index (χ0) is 13.0. The Labute approximate surface area is 108 Å². The number of likely N-dealkylation sites (N-methyl/N-ethyl adjacent to an activating group) is 1. The van der Waals surface area contributed by atoms with Crippen LogP contribution in [-0.4, -0.2) is 70.1 Å². The third-order valence-corrected chi connectivity index (χ3v) is 3.43. The molecule has 2 heterocycles. The summed E-state index contributed by atoms with van der Waals surface area (Å²) >= 11 is 0. The van der Waals surface area contributed by atoms with Crippen molar-refractivity contribution < 1.29 is 5.11 Å². The molecular formula is C12H23N5O. The predicted molar refractivity (Wildman–Crippen MR) is 71.2 cm³/mol. The molecule has 1 aliphatic heterocycles. The standard InChI is InChI=1S/C12H23N5O/c1-2-15-3-5-16(6-4-15)9-12(18)10-17-8-11(13)7-14-17/h7-8,12,18H,2-6,9-10,13H2,1H3. The number of β-amino-alcohol motifs (C(OH)–C–C–N with tert-alkyl or cyclic N) is 1. The normalized spacial score (nSPS) is 20.1. The third kappa shape index (κ3) is 3.69. The molecule has 1 aromatic heterocycles. The predicted octanol–water partition coefficient (Wildman–Crippen LogP) is -0.536. The van der Waals surface area contributed by atoms with Crippen LogP contribution in [0.3, 0.4) is 0 Å². The van der Waals surface area contributed by atoms with Crippen LogP contribution in [0.5, 0.6) is 0 Å². The van der Waals surface area contributed by atoms with Crippen LogP contribution in [0.4, 0.5) is 5.69 Å². The van der Waals surface area contributed by atoms with Gasteiger partial charge in [-0.1, -0.05) is 6.92 Å². The summed E-state index contributed by atoms with van der Waals surface area (Å²) in [5.74, 6) is 0. The van der Waals surface area contributed by atoms with Crippen molar-refractivity contribution in [1.29, 1.82) is 0 Å². The van der Waals surface area contributed by atoms with Crippen LogP contribution in [0.25, 0.3) is 0 Å². The Morgan fingerprint density at radius 1 is 1.28 bits per heavy atom. The number of piperazine rings is 1. The molecule has 1 unspecified atom stereocenters. The zero-order valence-electron chi connectivity index (χ0n) is 11.0. The SMILES string of the molecule is CCN1CCN(CC(O)Cn2cc(N)cn2)CC1. The first-order chi connectivity index (χ1) is 8.67. The van der Waals surface area contributed by atoms with Crippen LogP contribution in [0.15, 0.2) is 12.4 Å². The van der Waals surface area contributed by atoms with E-state index >= 15 is 0 Å². The Balaban J connectivity index is 1.73. The zero-order valence-corrected chi connectivity index (χ0v) is 11.0. The molecule has 102 valence electrons. The number of hydrogen-bond acceptors (Lipinski definition) is 5. The summed E-state index contributed by atoms with van der Waals surface area (Å²) in [5.41, 5.74) is 6.23. The van der Waals surface area contributed by atoms with Gasteiger partial charge < -0.3 is 15.7 Å². The third-order valence-electron chi connectivity index (χ3n) is 3.43. The van der Waals surface area contributed by atoms with E-state index in [-0.39, 0.29) is 0 Å². The Morgan fingerprint density at radius 3 is 2.50 bits per heavy atom. The van der Waals surface area contributed by atoms with E-state index in [0.717, 1.165) is 32.7 Å². The fourth-order valence-electron chi connectivity index (χ4n) is 2.34. The average Bonchev–Trinajstić information content (AvgIpc) is 2.75. The van der Waals surface area contributed by atoms with Gasteiger partial charge in [0, 0.05) is 38.9 Å². The Kier molecular flexibility index (Phi) is 4.57. The topological polar surface area (TPSA) is 70.5 Å². The molecular weight excluding hydrogens is 230 g/mol. The minimum absolute atomic E-state index is 0.391. The smallest absolute Gasteiger partial charge is 0.0862 e. The Hall–Kier alpha value is -1.11. The van der Waals surface area contributed by atoms with E-state index in [2.05, 4.69) is 21.8 Å². The van der Waals surface area contributed by atoms with Crippen molar-refractivity contribution in [3.63, 3.8) is 0 Å². The first kappa shape index (κ1) is 13.3. The van der Waals surface area contributed by atoms with Gasteiger partial charge in [-0.15, -0.1) is 0 Å². The van der Waals surface area contributed by atoms with Crippen LogP contribution < -0.4 is 5.73 Å². The molecule has 0 aliphatic carbocycles. The van der Waals surface area contributed by atoms with Gasteiger partial charge in [-0.2, -0.15) is 5.10 Å². The summed E-state index contributed by atoms with van der Waals surface area (Å²) in [6.07, 6.45) is 2.96. The summed E-state index contributed by atoms with van der Waals surface area (Å²) in [4.78, 5) is 4.74. The highest BCUT2D eigenvalue weighted by atomic mass is 16.3. The molecule has 18 heavy (non-hydrogen) atoms. The molecule has 1 atom stereocenters. The van der Waals surface area contributed by atoms with Gasteiger partial charge in [0.15, 0.2) is 0 Å². The number of anilines is 1. The molecule has 0 spiro atoms. The van der Waals surface area contributed by atoms with Gasteiger partial charge in [0.05, 0.1) is 24.5 Å². The number of nitrogens with two attached hydrogens (primary N) is 1. The molecule has 2 rings (SSSR count). The molecule has 0 radical (unpaired) electrons. The summed E-state index contributed by atoms with van der Waals surface area (Å²) < 4.78 is 1.70. The van der Waals surface area contributed by atoms with E-state index in [1.54, 1.807) is 17.1 Å². The monoisotopic (exact) mass is 253 g/mol. The second kappa shape index (κ2) is 6.17. The number of aliphatic hydroxyl groups is 1. The lowest BCUT2D eigenvalue weighted by atomic mass is 10.2. The van der Waals surface area contributed by atoms with E-state index < -0.39 is 6.10 Å². The highest BCUT2D eigenvalue weighted by Crippen LogP contribution is 2.04. The summed E-state index contributed by atoms with van der Waals surface area (Å²) in [6.45, 7) is 8.77. The van der Waals surface area contributed by atoms with Gasteiger partial charge in [-0.25, -0.2) is 0 Å². The second-order valence-corrected chi connectivity index (χ2v) is 4.88. The minimum Gasteiger partial charge on any atom is -0.396 e. The molecule has 1 fully saturated rings. The molecule has 3 N–H and O–H groups in total. The van der Waals surface area contributed by atoms with E-state index in [1.807, 2.05) is 0 Å². The number of hydrogen-bond donors (Lipinski definition) is 2. The van der Waals surface area contributed by atoms with E-state index in [1.165, 1.54) is 0 Å². The van der Waals surface area contributed by atoms with Crippen molar-refractivity contribution in [3.05, 3.63) is 12.4 Å². The van der Waals surface area contributed by atoms with E-state index in [4.69, 9.17) is 5.73 Å². The van der Waals surface area contributed by atoms with E-state index in [0.29, 0.717) is 18.8 Å². The average molecular weight is 253 g/mol. The van der Waals surface area contributed by atoms with Crippen LogP contribution in [0.2, 0.25) is 0 Å². The highest BCUT2D eigenvalue weighted by Gasteiger charge is 2.18. The fourth-order valence-corrected chi connectivity index (χ4v) is 2.34. The summed E-state index contributed by atoms with van der Waals surface area (Å²) in [7, 11) is 0. The van der Waals surface area contributed by atoms with Crippen molar-refractivity contribution in [2.45, 2.75) is 19.6 Å². The van der Waals surface area contributed by atoms with Gasteiger partial charge in [0.1, 0.15) is 0 Å². The first-order valence-corrected chi connectivity index (χ1v) is 6.58. The van der Waals surface area contributed by atoms with Crippen molar-refractivity contribution in [2.75, 3.05) is 45.0 Å². The number of nitrogen functional groups attached to an aromatic ring is 1. The minimum atomic E-state index is -0.391. The maximum absolute atomic E-state index is 10.0. The van der Waals surface area contributed by atoms with Gasteiger partial charge in [0.25, 0.3) is 0 Å². The molecule has 0 saturated carbocycles. The van der Waals surface area contributed by atoms with Gasteiger partial charge >= 0.3 is 0 Å². The van der Waals surface area contributed by atoms with Gasteiger partial charge in [0.2, 0.25) is 0 Å². The number of aromatic nitrogens is 2. The van der Waals surface area contributed by atoms with Crippen molar-refractivity contribution >= 4 is 5.69 Å². The molecule has 1 saturated heterocycles. The molecule has 0 bridgehead atoms. The molecule has 6 heteroatoms. The fraction of sp³-hybridized carbons (Fsp3) is 0.750. The molecule has 0 amide bonds. The Morgan fingerprint density at radius 2 is 1.94 bits per heavy atom. The highest BCUT2D eigenvalue weighted by molar-refractivity contribution is 5.30. The van der Waals surface area contributed by atoms with Gasteiger partial charge in [-0.05, 0) is 6.54 Å². The lowest BCUT2D eigenvalue weighted by Crippen LogP contribution is -2.48. The molecule has 0 aromatic carbocycles. The lowest BCUT2D eigenvalue weighted by molar-refractivity contribution is 0.0641. The van der Waals surface area contributed by atoms with Crippen LogP contribution in [-0.2, 0) is 6.54 Å². The Bertz CT molecular complexity index is 359. The van der Waals surface area contributed by atoms with Crippen LogP contribution >= 0.6 is 0 Å². The largest absolute Gasteiger partial charge is 0.396 e. The quantitative estimate of drug-likeness (QED) is 0.738. The molecule has 1 aliphatic rings. The molecule has 1 aromatic rings. The van der Waals surface area contributed by atoms with Crippen molar-refractivity contribution in [3.8, 4) is 0 Å². The molecule has 6 nitrogen and oxygen atoms in total. The second-order valence-electron chi connectivity index (χ2n) is 4.88. The number of aliphatic hydroxyl groups excluding tert-OH is 1. The number of nitrogens with zero attached hydrogens (tertiary/aromatic N) is 4. The lowest BCUT2D eigenvalue weighted by Gasteiger charge is -2.34. The van der Waals surface area contributed by atoms with Crippen LogP contribution in [0.1, 0.15) is 6.92 Å².